The van der Waals surface area contributed by atoms with Crippen LogP contribution in [0.3, 0.4) is 0 Å². The first-order valence-corrected chi connectivity index (χ1v) is 7.47. The van der Waals surface area contributed by atoms with Crippen molar-refractivity contribution in [2.45, 2.75) is 40.2 Å². The molecule has 3 nitrogen and oxygen atoms in total. The fourth-order valence-electron chi connectivity index (χ4n) is 2.04. The average molecular weight is 286 g/mol. The molecule has 0 aliphatic heterocycles. The third-order valence-corrected chi connectivity index (χ3v) is 4.21. The Morgan fingerprint density at radius 1 is 1.30 bits per heavy atom. The Kier molecular flexibility index (Phi) is 4.41. The number of thiazole rings is 1. The molecule has 0 bridgehead atoms. The summed E-state index contributed by atoms with van der Waals surface area (Å²) in [5.74, 6) is 1.30. The SMILES string of the molecule is Cc1cc(C#N)cc(C)c1OCc1csc(C(C)C)n1. The standard InChI is InChI=1S/C16H18N2OS/c1-10(2)16-18-14(9-20-16)8-19-15-11(3)5-13(7-17)6-12(15)4/h5-6,9-10H,8H2,1-4H3. The van der Waals surface area contributed by atoms with Gasteiger partial charge in [-0.2, -0.15) is 5.26 Å². The van der Waals surface area contributed by atoms with E-state index in [1.54, 1.807) is 11.3 Å². The van der Waals surface area contributed by atoms with Crippen LogP contribution in [-0.4, -0.2) is 4.98 Å². The van der Waals surface area contributed by atoms with E-state index in [0.29, 0.717) is 18.1 Å². The lowest BCUT2D eigenvalue weighted by Gasteiger charge is -2.11. The van der Waals surface area contributed by atoms with Crippen molar-refractivity contribution >= 4 is 11.3 Å². The molecule has 0 saturated heterocycles. The van der Waals surface area contributed by atoms with E-state index >= 15 is 0 Å². The maximum atomic E-state index is 8.94. The molecule has 2 rings (SSSR count). The summed E-state index contributed by atoms with van der Waals surface area (Å²) in [6, 6.07) is 5.86. The number of ether oxygens (including phenoxy) is 1. The van der Waals surface area contributed by atoms with Gasteiger partial charge in [0.15, 0.2) is 0 Å². The summed E-state index contributed by atoms with van der Waals surface area (Å²) < 4.78 is 5.88. The second-order valence-electron chi connectivity index (χ2n) is 5.17. The number of nitrogens with zero attached hydrogens (tertiary/aromatic N) is 2. The first-order chi connectivity index (χ1) is 9.51. The van der Waals surface area contributed by atoms with E-state index in [-0.39, 0.29) is 0 Å². The molecule has 0 spiro atoms. The third kappa shape index (κ3) is 3.17. The molecule has 1 aromatic heterocycles. The Morgan fingerprint density at radius 2 is 1.95 bits per heavy atom. The Balaban J connectivity index is 2.13. The second-order valence-corrected chi connectivity index (χ2v) is 6.06. The van der Waals surface area contributed by atoms with E-state index in [4.69, 9.17) is 10.00 Å². The predicted octanol–water partition coefficient (Wildman–Crippen LogP) is 4.33. The molecule has 0 fully saturated rings. The van der Waals surface area contributed by atoms with E-state index in [0.717, 1.165) is 27.6 Å². The Hall–Kier alpha value is -1.86. The largest absolute Gasteiger partial charge is 0.487 e. The zero-order valence-electron chi connectivity index (χ0n) is 12.2. The fraction of sp³-hybridized carbons (Fsp3) is 0.375. The number of aryl methyl sites for hydroxylation is 2. The molecule has 1 heterocycles. The normalized spacial score (nSPS) is 10.6. The number of nitriles is 1. The quantitative estimate of drug-likeness (QED) is 0.840. The molecule has 0 saturated carbocycles. The van der Waals surface area contributed by atoms with E-state index in [1.807, 2.05) is 31.4 Å². The van der Waals surface area contributed by atoms with Crippen molar-refractivity contribution in [2.75, 3.05) is 0 Å². The molecule has 104 valence electrons. The minimum absolute atomic E-state index is 0.451. The Labute approximate surface area is 123 Å². The van der Waals surface area contributed by atoms with Gasteiger partial charge in [-0.3, -0.25) is 0 Å². The van der Waals surface area contributed by atoms with Gasteiger partial charge >= 0.3 is 0 Å². The number of hydrogen-bond donors (Lipinski definition) is 0. The van der Waals surface area contributed by atoms with Crippen molar-refractivity contribution in [1.82, 2.24) is 4.98 Å². The molecule has 20 heavy (non-hydrogen) atoms. The molecular weight excluding hydrogens is 268 g/mol. The smallest absolute Gasteiger partial charge is 0.131 e. The topological polar surface area (TPSA) is 45.9 Å². The second kappa shape index (κ2) is 6.06. The summed E-state index contributed by atoms with van der Waals surface area (Å²) in [6.45, 7) is 8.67. The van der Waals surface area contributed by atoms with Gasteiger partial charge in [0.05, 0.1) is 22.3 Å². The maximum Gasteiger partial charge on any atom is 0.131 e. The number of rotatable bonds is 4. The Morgan fingerprint density at radius 3 is 2.45 bits per heavy atom. The van der Waals surface area contributed by atoms with E-state index in [2.05, 4.69) is 24.9 Å². The summed E-state index contributed by atoms with van der Waals surface area (Å²) in [4.78, 5) is 4.56. The molecule has 0 N–H and O–H groups in total. The number of benzene rings is 1. The van der Waals surface area contributed by atoms with Crippen molar-refractivity contribution < 1.29 is 4.74 Å². The highest BCUT2D eigenvalue weighted by Gasteiger charge is 2.09. The zero-order valence-corrected chi connectivity index (χ0v) is 13.0. The maximum absolute atomic E-state index is 8.94. The molecule has 0 amide bonds. The van der Waals surface area contributed by atoms with Crippen LogP contribution < -0.4 is 4.74 Å². The van der Waals surface area contributed by atoms with Gasteiger partial charge in [-0.05, 0) is 37.1 Å². The summed E-state index contributed by atoms with van der Waals surface area (Å²) in [6.07, 6.45) is 0. The lowest BCUT2D eigenvalue weighted by Crippen LogP contribution is -2.00. The van der Waals surface area contributed by atoms with Gasteiger partial charge < -0.3 is 4.74 Å². The molecular formula is C16H18N2OS. The number of aromatic nitrogens is 1. The van der Waals surface area contributed by atoms with Gasteiger partial charge in [-0.1, -0.05) is 13.8 Å². The summed E-state index contributed by atoms with van der Waals surface area (Å²) in [5, 5.41) is 12.1. The first-order valence-electron chi connectivity index (χ1n) is 6.59. The van der Waals surface area contributed by atoms with Crippen molar-refractivity contribution in [1.29, 1.82) is 5.26 Å². The highest BCUT2D eigenvalue weighted by molar-refractivity contribution is 7.09. The fourth-order valence-corrected chi connectivity index (χ4v) is 2.86. The van der Waals surface area contributed by atoms with Gasteiger partial charge in [0, 0.05) is 11.3 Å². The first kappa shape index (κ1) is 14.5. The monoisotopic (exact) mass is 286 g/mol. The molecule has 0 radical (unpaired) electrons. The van der Waals surface area contributed by atoms with E-state index in [1.165, 1.54) is 0 Å². The van der Waals surface area contributed by atoms with Crippen LogP contribution >= 0.6 is 11.3 Å². The highest BCUT2D eigenvalue weighted by atomic mass is 32.1. The lowest BCUT2D eigenvalue weighted by molar-refractivity contribution is 0.297. The van der Waals surface area contributed by atoms with Crippen molar-refractivity contribution in [3.8, 4) is 11.8 Å². The molecule has 0 aliphatic rings. The van der Waals surface area contributed by atoms with Gasteiger partial charge in [0.25, 0.3) is 0 Å². The minimum Gasteiger partial charge on any atom is -0.487 e. The van der Waals surface area contributed by atoms with Crippen molar-refractivity contribution in [2.24, 2.45) is 0 Å². The summed E-state index contributed by atoms with van der Waals surface area (Å²) in [7, 11) is 0. The minimum atomic E-state index is 0.451. The van der Waals surface area contributed by atoms with E-state index in [9.17, 15) is 0 Å². The van der Waals surface area contributed by atoms with Crippen LogP contribution in [0, 0.1) is 25.2 Å². The molecule has 4 heteroatoms. The van der Waals surface area contributed by atoms with Crippen LogP contribution in [0.15, 0.2) is 17.5 Å². The van der Waals surface area contributed by atoms with Gasteiger partial charge in [-0.25, -0.2) is 4.98 Å². The molecule has 2 aromatic rings. The number of hydrogen-bond acceptors (Lipinski definition) is 4. The van der Waals surface area contributed by atoms with Crippen molar-refractivity contribution in [3.05, 3.63) is 44.9 Å². The van der Waals surface area contributed by atoms with Crippen LogP contribution in [0.1, 0.15) is 47.2 Å². The van der Waals surface area contributed by atoms with Crippen LogP contribution in [0.25, 0.3) is 0 Å². The van der Waals surface area contributed by atoms with Gasteiger partial charge in [0.2, 0.25) is 0 Å². The van der Waals surface area contributed by atoms with Crippen molar-refractivity contribution in [3.63, 3.8) is 0 Å². The van der Waals surface area contributed by atoms with E-state index < -0.39 is 0 Å². The lowest BCUT2D eigenvalue weighted by atomic mass is 10.1. The molecule has 0 aliphatic carbocycles. The van der Waals surface area contributed by atoms with Crippen LogP contribution in [0.2, 0.25) is 0 Å². The van der Waals surface area contributed by atoms with Gasteiger partial charge in [0.1, 0.15) is 12.4 Å². The van der Waals surface area contributed by atoms with Crippen LogP contribution in [0.4, 0.5) is 0 Å². The predicted molar refractivity (Wildman–Crippen MR) is 81.2 cm³/mol. The third-order valence-electron chi connectivity index (χ3n) is 3.02. The summed E-state index contributed by atoms with van der Waals surface area (Å²) >= 11 is 1.67. The molecule has 0 atom stereocenters. The van der Waals surface area contributed by atoms with Crippen LogP contribution in [0.5, 0.6) is 5.75 Å². The summed E-state index contributed by atoms with van der Waals surface area (Å²) in [5.41, 5.74) is 3.60. The van der Waals surface area contributed by atoms with Crippen LogP contribution in [-0.2, 0) is 6.61 Å². The molecule has 1 aromatic carbocycles. The zero-order chi connectivity index (χ0) is 14.7. The molecule has 0 unspecified atom stereocenters. The van der Waals surface area contributed by atoms with Gasteiger partial charge in [-0.15, -0.1) is 11.3 Å². The highest BCUT2D eigenvalue weighted by Crippen LogP contribution is 2.26. The Bertz CT molecular complexity index is 630. The average Bonchev–Trinajstić information content (AvgIpc) is 2.86.